The first kappa shape index (κ1) is 49.7. The molecule has 0 unspecified atom stereocenters. The molecule has 0 amide bonds. The maximum atomic E-state index is 8.61. The zero-order chi connectivity index (χ0) is 26.9. The van der Waals surface area contributed by atoms with E-state index >= 15 is 0 Å². The Morgan fingerprint density at radius 3 is 0.676 bits per heavy atom. The second kappa shape index (κ2) is 46.0. The molecular weight excluding hydrogens is 543 g/mol. The Labute approximate surface area is 317 Å². The minimum absolute atomic E-state index is 0. The van der Waals surface area contributed by atoms with Crippen molar-refractivity contribution in [3.63, 3.8) is 0 Å². The molecule has 0 aliphatic rings. The third-order valence-electron chi connectivity index (χ3n) is 6.02. The predicted octanol–water partition coefficient (Wildman–Crippen LogP) is 2.03. The Kier molecular flexibility index (Phi) is 61.9. The summed E-state index contributed by atoms with van der Waals surface area (Å²) in [6, 6.07) is 0. The van der Waals surface area contributed by atoms with Gasteiger partial charge in [-0.05, 0) is 12.8 Å². The van der Waals surface area contributed by atoms with Crippen molar-refractivity contribution in [2.45, 2.75) is 168 Å². The molecule has 0 saturated carbocycles. The van der Waals surface area contributed by atoms with Crippen molar-refractivity contribution in [2.75, 3.05) is 13.2 Å². The molecular formula is C28H60K2O6S. The van der Waals surface area contributed by atoms with Gasteiger partial charge in [0.1, 0.15) is 0 Å². The number of hydrogen-bond acceptors (Lipinski definition) is 6. The van der Waals surface area contributed by atoms with Crippen LogP contribution < -0.4 is 103 Å². The number of unbranched alkanes of at least 4 members (excludes halogenated alkanes) is 22. The van der Waals surface area contributed by atoms with Gasteiger partial charge in [-0.25, -0.2) is 0 Å². The fourth-order valence-corrected chi connectivity index (χ4v) is 3.91. The summed E-state index contributed by atoms with van der Waals surface area (Å²) in [6.07, 6.45) is 32.5. The molecule has 2 N–H and O–H groups in total. The van der Waals surface area contributed by atoms with Gasteiger partial charge in [-0.1, -0.05) is 155 Å². The first-order valence-electron chi connectivity index (χ1n) is 14.7. The molecule has 0 heterocycles. The zero-order valence-electron chi connectivity index (χ0n) is 25.3. The van der Waals surface area contributed by atoms with Gasteiger partial charge in [0, 0.05) is 23.6 Å². The summed E-state index contributed by atoms with van der Waals surface area (Å²) in [6.45, 7) is 5.29. The molecule has 0 aromatic rings. The standard InChI is InChI=1S/2C14H30O.2K.H2O4S/c2*1-2-3-4-5-6-7-8-9-10-11-12-13-14-15;;;1-5(2,3)4/h2*15H,2-14H2,1H3;;;(H2,1,2,3,4)/q;;2*+1;/p-2. The van der Waals surface area contributed by atoms with E-state index in [2.05, 4.69) is 13.8 Å². The van der Waals surface area contributed by atoms with Gasteiger partial charge in [0.2, 0.25) is 0 Å². The number of aliphatic hydroxyl groups excluding tert-OH is 2. The summed E-state index contributed by atoms with van der Waals surface area (Å²) in [5.41, 5.74) is 0. The van der Waals surface area contributed by atoms with Crippen molar-refractivity contribution in [3.05, 3.63) is 0 Å². The first-order valence-corrected chi connectivity index (χ1v) is 16.0. The van der Waals surface area contributed by atoms with E-state index in [-0.39, 0.29) is 103 Å². The van der Waals surface area contributed by atoms with Gasteiger partial charge in [-0.2, -0.15) is 0 Å². The smallest absolute Gasteiger partial charge is 0.759 e. The van der Waals surface area contributed by atoms with Crippen molar-refractivity contribution in [3.8, 4) is 0 Å². The van der Waals surface area contributed by atoms with Crippen LogP contribution in [0.4, 0.5) is 0 Å². The normalized spacial score (nSPS) is 10.3. The SMILES string of the molecule is CCCCCCCCCCCCCCO.CCCCCCCCCCCCCCO.O=S(=O)([O-])[O-].[K+].[K+]. The molecule has 0 aromatic heterocycles. The summed E-state index contributed by atoms with van der Waals surface area (Å²) in [5.74, 6) is 0. The minimum Gasteiger partial charge on any atom is -0.759 e. The number of aliphatic hydroxyl groups is 2. The third kappa shape index (κ3) is 73.3. The van der Waals surface area contributed by atoms with Gasteiger partial charge in [-0.15, -0.1) is 0 Å². The maximum absolute atomic E-state index is 8.61. The van der Waals surface area contributed by atoms with Crippen molar-refractivity contribution < 1.29 is 131 Å². The molecule has 0 aliphatic heterocycles. The third-order valence-corrected chi connectivity index (χ3v) is 6.02. The van der Waals surface area contributed by atoms with Crippen LogP contribution in [0.15, 0.2) is 0 Å². The van der Waals surface area contributed by atoms with Crippen molar-refractivity contribution in [1.82, 2.24) is 0 Å². The van der Waals surface area contributed by atoms with Crippen LogP contribution in [-0.2, 0) is 10.4 Å². The van der Waals surface area contributed by atoms with Gasteiger partial charge in [0.25, 0.3) is 0 Å². The van der Waals surface area contributed by atoms with Crippen molar-refractivity contribution >= 4 is 10.4 Å². The topological polar surface area (TPSA) is 121 Å². The molecule has 0 fully saturated rings. The van der Waals surface area contributed by atoms with Crippen LogP contribution in [0.1, 0.15) is 168 Å². The summed E-state index contributed by atoms with van der Waals surface area (Å²) >= 11 is 0. The van der Waals surface area contributed by atoms with Crippen LogP contribution in [0.5, 0.6) is 0 Å². The molecule has 0 aliphatic carbocycles. The summed E-state index contributed by atoms with van der Waals surface area (Å²) in [7, 11) is -5.17. The van der Waals surface area contributed by atoms with E-state index in [1.165, 1.54) is 141 Å². The van der Waals surface area contributed by atoms with E-state index in [1.54, 1.807) is 0 Å². The van der Waals surface area contributed by atoms with Crippen LogP contribution in [-0.4, -0.2) is 41.0 Å². The minimum atomic E-state index is -5.17. The fourth-order valence-electron chi connectivity index (χ4n) is 3.91. The van der Waals surface area contributed by atoms with E-state index in [9.17, 15) is 0 Å². The maximum Gasteiger partial charge on any atom is 1.00 e. The monoisotopic (exact) mass is 602 g/mol. The van der Waals surface area contributed by atoms with E-state index in [0.29, 0.717) is 13.2 Å². The molecule has 0 atom stereocenters. The van der Waals surface area contributed by atoms with E-state index < -0.39 is 10.4 Å². The van der Waals surface area contributed by atoms with E-state index in [1.807, 2.05) is 0 Å². The summed E-state index contributed by atoms with van der Waals surface area (Å²) in [4.78, 5) is 0. The van der Waals surface area contributed by atoms with Crippen LogP contribution in [0.25, 0.3) is 0 Å². The van der Waals surface area contributed by atoms with E-state index in [0.717, 1.165) is 12.8 Å². The average Bonchev–Trinajstić information content (AvgIpc) is 2.80. The van der Waals surface area contributed by atoms with E-state index in [4.69, 9.17) is 27.7 Å². The summed E-state index contributed by atoms with van der Waals surface area (Å²) in [5, 5.41) is 17.2. The van der Waals surface area contributed by atoms with Crippen LogP contribution in [0.2, 0.25) is 0 Å². The number of hydrogen-bond donors (Lipinski definition) is 2. The molecule has 0 bridgehead atoms. The molecule has 0 rings (SSSR count). The zero-order valence-corrected chi connectivity index (χ0v) is 32.4. The van der Waals surface area contributed by atoms with Crippen LogP contribution >= 0.6 is 0 Å². The molecule has 6 nitrogen and oxygen atoms in total. The second-order valence-corrected chi connectivity index (χ2v) is 10.5. The Morgan fingerprint density at radius 2 is 0.541 bits per heavy atom. The molecule has 216 valence electrons. The molecule has 37 heavy (non-hydrogen) atoms. The predicted molar refractivity (Wildman–Crippen MR) is 147 cm³/mol. The quantitative estimate of drug-likeness (QED) is 0.0755. The molecule has 0 radical (unpaired) electrons. The molecule has 0 spiro atoms. The Balaban J connectivity index is -0.000000149. The second-order valence-electron chi connectivity index (χ2n) is 9.63. The van der Waals surface area contributed by atoms with Gasteiger partial charge < -0.3 is 19.3 Å². The van der Waals surface area contributed by atoms with Gasteiger partial charge in [0.05, 0.1) is 0 Å². The van der Waals surface area contributed by atoms with Crippen LogP contribution in [0.3, 0.4) is 0 Å². The largest absolute Gasteiger partial charge is 1.00 e. The molecule has 0 aromatic carbocycles. The Morgan fingerprint density at radius 1 is 0.405 bits per heavy atom. The first-order chi connectivity index (χ1) is 16.8. The summed E-state index contributed by atoms with van der Waals surface area (Å²) < 4.78 is 34.1. The van der Waals surface area contributed by atoms with Gasteiger partial charge in [0.15, 0.2) is 0 Å². The molecule has 0 saturated heterocycles. The number of rotatable bonds is 24. The Bertz CT molecular complexity index is 396. The molecule has 9 heteroatoms. The van der Waals surface area contributed by atoms with Gasteiger partial charge >= 0.3 is 103 Å². The van der Waals surface area contributed by atoms with Crippen molar-refractivity contribution in [1.29, 1.82) is 0 Å². The Hall–Kier alpha value is 3.06. The average molecular weight is 603 g/mol. The van der Waals surface area contributed by atoms with Crippen molar-refractivity contribution in [2.24, 2.45) is 0 Å². The van der Waals surface area contributed by atoms with Gasteiger partial charge in [-0.3, -0.25) is 8.42 Å². The fraction of sp³-hybridized carbons (Fsp3) is 1.00. The van der Waals surface area contributed by atoms with Crippen LogP contribution in [0, 0.1) is 0 Å².